The average Bonchev–Trinajstić information content (AvgIpc) is 2.76. The molecule has 0 aliphatic carbocycles. The van der Waals surface area contributed by atoms with Gasteiger partial charge in [-0.05, 0) is 51.8 Å². The van der Waals surface area contributed by atoms with Crippen LogP contribution in [0, 0.1) is 31.3 Å². The van der Waals surface area contributed by atoms with Crippen LogP contribution in [0.3, 0.4) is 0 Å². The van der Waals surface area contributed by atoms with E-state index >= 15 is 8.78 Å². The quantitative estimate of drug-likeness (QED) is 0.319. The molecule has 0 bridgehead atoms. The Morgan fingerprint density at radius 3 is 2.32 bits per heavy atom. The molecule has 0 aliphatic heterocycles. The number of rotatable bonds is 5. The summed E-state index contributed by atoms with van der Waals surface area (Å²) >= 11 is 0. The van der Waals surface area contributed by atoms with Gasteiger partial charge >= 0.3 is 0 Å². The fourth-order valence-corrected chi connectivity index (χ4v) is 4.75. The number of halogens is 3. The molecule has 34 heavy (non-hydrogen) atoms. The van der Waals surface area contributed by atoms with Crippen molar-refractivity contribution >= 4 is 29.2 Å². The predicted octanol–water partition coefficient (Wildman–Crippen LogP) is 6.75. The lowest BCUT2D eigenvalue weighted by molar-refractivity contribution is 0.587. The van der Waals surface area contributed by atoms with Crippen LogP contribution in [0.15, 0.2) is 48.7 Å². The first kappa shape index (κ1) is 24.0. The number of nitrogens with zero attached hydrogens (tertiary/aromatic N) is 2. The molecule has 0 unspecified atom stereocenters. The van der Waals surface area contributed by atoms with Crippen molar-refractivity contribution in [3.63, 3.8) is 0 Å². The molecule has 1 N–H and O–H groups in total. The Morgan fingerprint density at radius 2 is 1.71 bits per heavy atom. The van der Waals surface area contributed by atoms with Crippen LogP contribution in [-0.4, -0.2) is 23.3 Å². The zero-order valence-corrected chi connectivity index (χ0v) is 20.5. The molecule has 0 spiro atoms. The highest BCUT2D eigenvalue weighted by Gasteiger charge is 2.23. The van der Waals surface area contributed by atoms with Gasteiger partial charge in [0.05, 0.1) is 33.6 Å². The third-order valence-electron chi connectivity index (χ3n) is 5.97. The smallest absolute Gasteiger partial charge is 0.145 e. The van der Waals surface area contributed by atoms with Gasteiger partial charge < -0.3 is 9.88 Å². The molecule has 0 amide bonds. The Morgan fingerprint density at radius 1 is 1.00 bits per heavy atom. The topological polar surface area (TPSA) is 54.9 Å². The van der Waals surface area contributed by atoms with Crippen LogP contribution < -0.4 is 10.8 Å². The summed E-state index contributed by atoms with van der Waals surface area (Å²) in [6, 6.07) is 10.1. The zero-order chi connectivity index (χ0) is 24.8. The van der Waals surface area contributed by atoms with Crippen molar-refractivity contribution in [3.8, 4) is 11.1 Å². The maximum Gasteiger partial charge on any atom is 0.145 e. The van der Waals surface area contributed by atoms with Crippen molar-refractivity contribution < 1.29 is 17.7 Å². The van der Waals surface area contributed by atoms with Crippen LogP contribution in [0.25, 0.3) is 22.0 Å². The maximum atomic E-state index is 16.0. The van der Waals surface area contributed by atoms with Gasteiger partial charge in [-0.3, -0.25) is 9.97 Å². The highest BCUT2D eigenvalue weighted by atomic mass is 31.2. The van der Waals surface area contributed by atoms with E-state index in [4.69, 9.17) is 0 Å². The minimum Gasteiger partial charge on any atom is -0.378 e. The van der Waals surface area contributed by atoms with E-state index in [9.17, 15) is 8.96 Å². The lowest BCUT2D eigenvalue weighted by Crippen LogP contribution is -2.12. The molecular weight excluding hydrogens is 458 g/mol. The monoisotopic (exact) mass is 483 g/mol. The molecular formula is C26H25F3N3OP. The van der Waals surface area contributed by atoms with E-state index in [1.807, 2.05) is 0 Å². The van der Waals surface area contributed by atoms with E-state index in [0.29, 0.717) is 27.9 Å². The van der Waals surface area contributed by atoms with Crippen LogP contribution in [0.1, 0.15) is 29.8 Å². The Labute approximate surface area is 196 Å². The van der Waals surface area contributed by atoms with Gasteiger partial charge in [-0.25, -0.2) is 13.2 Å². The molecule has 0 aliphatic rings. The Hall–Kier alpha value is -3.18. The second-order valence-electron chi connectivity index (χ2n) is 8.78. The SMILES string of the molecule is Cc1nc2cc(F)c(-c3ccc(P(C)(C)=O)nc3)c(F)c2c(N[C@H](C)c2ccccc2F)c1C. The molecule has 8 heteroatoms. The fourth-order valence-electron chi connectivity index (χ4n) is 3.98. The number of hydrogen-bond acceptors (Lipinski definition) is 4. The van der Waals surface area contributed by atoms with Gasteiger partial charge in [0.2, 0.25) is 0 Å². The van der Waals surface area contributed by atoms with E-state index in [-0.39, 0.29) is 27.8 Å². The standard InChI is InChI=1S/C26H25F3N3OP/c1-14-15(2)31-21-12-20(28)23(17-10-11-22(30-13-17)34(4,5)33)25(29)24(21)26(14)32-16(3)18-8-6-7-9-19(18)27/h6-13,16H,1-5H3,(H,31,32)/t16-/m1/s1. The Bertz CT molecular complexity index is 1450. The van der Waals surface area contributed by atoms with Crippen LogP contribution in [-0.2, 0) is 4.57 Å². The molecule has 0 radical (unpaired) electrons. The van der Waals surface area contributed by atoms with Crippen molar-refractivity contribution in [1.29, 1.82) is 0 Å². The number of aromatic nitrogens is 2. The molecule has 2 aromatic carbocycles. The van der Waals surface area contributed by atoms with Crippen molar-refractivity contribution in [2.45, 2.75) is 26.8 Å². The van der Waals surface area contributed by atoms with Gasteiger partial charge in [-0.1, -0.05) is 24.3 Å². The predicted molar refractivity (Wildman–Crippen MR) is 132 cm³/mol. The Balaban J connectivity index is 1.91. The summed E-state index contributed by atoms with van der Waals surface area (Å²) in [5, 5.41) is 3.34. The van der Waals surface area contributed by atoms with Gasteiger partial charge in [-0.2, -0.15) is 0 Å². The van der Waals surface area contributed by atoms with Crippen LogP contribution >= 0.6 is 7.14 Å². The van der Waals surface area contributed by atoms with Crippen molar-refractivity contribution in [3.05, 3.63) is 82.9 Å². The fraction of sp³-hybridized carbons (Fsp3) is 0.231. The largest absolute Gasteiger partial charge is 0.378 e. The number of hydrogen-bond donors (Lipinski definition) is 1. The number of aryl methyl sites for hydroxylation is 1. The van der Waals surface area contributed by atoms with Gasteiger partial charge in [0.25, 0.3) is 0 Å². The molecule has 4 aromatic rings. The van der Waals surface area contributed by atoms with E-state index < -0.39 is 24.8 Å². The first-order valence-corrected chi connectivity index (χ1v) is 13.4. The first-order valence-electron chi connectivity index (χ1n) is 10.8. The normalized spacial score (nSPS) is 12.7. The summed E-state index contributed by atoms with van der Waals surface area (Å²) in [5.74, 6) is -1.95. The van der Waals surface area contributed by atoms with E-state index in [1.54, 1.807) is 52.3 Å². The molecule has 2 aromatic heterocycles. The van der Waals surface area contributed by atoms with Crippen LogP contribution in [0.4, 0.5) is 18.9 Å². The number of pyridine rings is 2. The molecule has 0 saturated carbocycles. The third kappa shape index (κ3) is 4.32. The van der Waals surface area contributed by atoms with Crippen molar-refractivity contribution in [2.75, 3.05) is 18.6 Å². The van der Waals surface area contributed by atoms with Gasteiger partial charge in [-0.15, -0.1) is 0 Å². The molecule has 176 valence electrons. The number of nitrogens with one attached hydrogen (secondary N) is 1. The molecule has 4 rings (SSSR count). The lowest BCUT2D eigenvalue weighted by atomic mass is 9.98. The van der Waals surface area contributed by atoms with E-state index in [0.717, 1.165) is 0 Å². The van der Waals surface area contributed by atoms with Gasteiger partial charge in [0.1, 0.15) is 24.6 Å². The molecule has 1 atom stereocenters. The minimum atomic E-state index is -2.61. The molecule has 4 nitrogen and oxygen atoms in total. The third-order valence-corrected chi connectivity index (χ3v) is 7.34. The Kier molecular flexibility index (Phi) is 6.26. The number of fused-ring (bicyclic) bond motifs is 1. The summed E-state index contributed by atoms with van der Waals surface area (Å²) < 4.78 is 57.7. The van der Waals surface area contributed by atoms with Gasteiger partial charge in [0.15, 0.2) is 0 Å². The molecule has 0 fully saturated rings. The maximum absolute atomic E-state index is 16.0. The van der Waals surface area contributed by atoms with Crippen LogP contribution in [0.5, 0.6) is 0 Å². The second kappa shape index (κ2) is 8.88. The second-order valence-corrected chi connectivity index (χ2v) is 11.9. The highest BCUT2D eigenvalue weighted by Crippen LogP contribution is 2.39. The summed E-state index contributed by atoms with van der Waals surface area (Å²) in [6.45, 7) is 8.48. The summed E-state index contributed by atoms with van der Waals surface area (Å²) in [4.78, 5) is 8.56. The number of benzene rings is 2. The highest BCUT2D eigenvalue weighted by molar-refractivity contribution is 7.69. The first-order chi connectivity index (χ1) is 16.0. The van der Waals surface area contributed by atoms with E-state index in [1.165, 1.54) is 30.5 Å². The van der Waals surface area contributed by atoms with Gasteiger partial charge in [0, 0.05) is 29.1 Å². The summed E-state index contributed by atoms with van der Waals surface area (Å²) in [6.07, 6.45) is 1.33. The summed E-state index contributed by atoms with van der Waals surface area (Å²) in [5.41, 5.74) is 2.64. The minimum absolute atomic E-state index is 0.114. The summed E-state index contributed by atoms with van der Waals surface area (Å²) in [7, 11) is -2.61. The zero-order valence-electron chi connectivity index (χ0n) is 19.6. The average molecular weight is 483 g/mol. The molecule has 0 saturated heterocycles. The molecule has 2 heterocycles. The van der Waals surface area contributed by atoms with E-state index in [2.05, 4.69) is 15.3 Å². The van der Waals surface area contributed by atoms with Crippen LogP contribution in [0.2, 0.25) is 0 Å². The van der Waals surface area contributed by atoms with Crippen molar-refractivity contribution in [2.24, 2.45) is 0 Å². The lowest BCUT2D eigenvalue weighted by Gasteiger charge is -2.22. The van der Waals surface area contributed by atoms with Crippen molar-refractivity contribution in [1.82, 2.24) is 9.97 Å². The number of anilines is 1.